The first kappa shape index (κ1) is 26.0. The second-order valence-corrected chi connectivity index (χ2v) is 10.9. The summed E-state index contributed by atoms with van der Waals surface area (Å²) < 4.78 is 8.45. The maximum absolute atomic E-state index is 9.36. The summed E-state index contributed by atoms with van der Waals surface area (Å²) in [5.41, 5.74) is 4.77. The van der Waals surface area contributed by atoms with E-state index in [0.717, 1.165) is 68.7 Å². The van der Waals surface area contributed by atoms with E-state index in [9.17, 15) is 5.26 Å². The van der Waals surface area contributed by atoms with Crippen LogP contribution in [0.3, 0.4) is 0 Å². The third kappa shape index (κ3) is 5.56. The third-order valence-electron chi connectivity index (χ3n) is 8.15. The fourth-order valence-corrected chi connectivity index (χ4v) is 6.24. The van der Waals surface area contributed by atoms with Crippen molar-refractivity contribution in [3.63, 3.8) is 0 Å². The molecule has 204 valence electrons. The van der Waals surface area contributed by atoms with Gasteiger partial charge in [-0.25, -0.2) is 4.98 Å². The van der Waals surface area contributed by atoms with Gasteiger partial charge < -0.3 is 14.2 Å². The van der Waals surface area contributed by atoms with Gasteiger partial charge in [-0.1, -0.05) is 36.4 Å². The number of piperidine rings is 1. The Morgan fingerprint density at radius 3 is 2.80 bits per heavy atom. The number of aromatic nitrogens is 3. The molecule has 8 nitrogen and oxygen atoms in total. The zero-order chi connectivity index (χ0) is 27.3. The number of rotatable bonds is 6. The summed E-state index contributed by atoms with van der Waals surface area (Å²) >= 11 is 0. The lowest BCUT2D eigenvalue weighted by molar-refractivity contribution is 0.192. The predicted octanol–water partition coefficient (Wildman–Crippen LogP) is 5.57. The lowest BCUT2D eigenvalue weighted by atomic mass is 9.91. The fraction of sp³-hybridized carbons (Fsp3) is 0.375. The molecule has 2 atom stereocenters. The van der Waals surface area contributed by atoms with E-state index >= 15 is 0 Å². The Morgan fingerprint density at radius 1 is 1.07 bits per heavy atom. The number of pyridine rings is 1. The van der Waals surface area contributed by atoms with Crippen LogP contribution < -0.4 is 4.74 Å². The molecule has 2 aliphatic rings. The maximum Gasteiger partial charge on any atom is 0.308 e. The SMILES string of the molecule is CN(Cc1nc2ccccc2n1C[C@H]1CCCN(C(=NC#N)Oc2ccccc2)C1)[C@H]1CCCc2cccnc21. The van der Waals surface area contributed by atoms with E-state index in [4.69, 9.17) is 14.7 Å². The Balaban J connectivity index is 1.23. The van der Waals surface area contributed by atoms with Gasteiger partial charge >= 0.3 is 6.02 Å². The van der Waals surface area contributed by atoms with Crippen LogP contribution in [0, 0.1) is 17.4 Å². The van der Waals surface area contributed by atoms with E-state index in [1.807, 2.05) is 48.8 Å². The summed E-state index contributed by atoms with van der Waals surface area (Å²) in [5.74, 6) is 2.13. The molecule has 0 spiro atoms. The standard InChI is InChI=1S/C32H35N7O/c1-37(29-17-7-11-25-12-8-18-34-31(25)29)22-30-36-27-15-5-6-16-28(27)39(30)21-24-10-9-19-38(20-24)32(35-23-33)40-26-13-3-2-4-14-26/h2-6,8,12-16,18,24,29H,7,9-11,17,19-22H2,1H3/t24-,29-/m0/s1. The lowest BCUT2D eigenvalue weighted by Crippen LogP contribution is -2.43. The average molecular weight is 534 g/mol. The number of hydrogen-bond donors (Lipinski definition) is 0. The van der Waals surface area contributed by atoms with Crippen LogP contribution in [-0.2, 0) is 19.5 Å². The summed E-state index contributed by atoms with van der Waals surface area (Å²) in [6, 6.07) is 22.9. The first-order chi connectivity index (χ1) is 19.7. The van der Waals surface area contributed by atoms with Crippen molar-refractivity contribution in [3.05, 3.63) is 90.0 Å². The molecule has 2 aromatic heterocycles. The number of hydrogen-bond acceptors (Lipinski definition) is 6. The molecule has 1 aliphatic heterocycles. The lowest BCUT2D eigenvalue weighted by Gasteiger charge is -2.35. The van der Waals surface area contributed by atoms with Crippen molar-refractivity contribution in [2.24, 2.45) is 10.9 Å². The molecule has 0 radical (unpaired) electrons. The van der Waals surface area contributed by atoms with E-state index in [2.05, 4.69) is 56.7 Å². The van der Waals surface area contributed by atoms with E-state index < -0.39 is 0 Å². The molecule has 2 aromatic carbocycles. The van der Waals surface area contributed by atoms with Crippen LogP contribution in [-0.4, -0.2) is 50.5 Å². The number of imidazole rings is 1. The van der Waals surface area contributed by atoms with Crippen LogP contribution in [0.2, 0.25) is 0 Å². The van der Waals surface area contributed by atoms with Gasteiger partial charge in [0, 0.05) is 25.8 Å². The van der Waals surface area contributed by atoms with Crippen LogP contribution in [0.1, 0.15) is 48.8 Å². The number of nitrogens with zero attached hydrogens (tertiary/aromatic N) is 7. The number of nitriles is 1. The minimum Gasteiger partial charge on any atom is -0.425 e. The number of para-hydroxylation sites is 3. The van der Waals surface area contributed by atoms with Gasteiger partial charge in [0.1, 0.15) is 11.6 Å². The normalized spacial score (nSPS) is 19.4. The molecule has 1 saturated heterocycles. The van der Waals surface area contributed by atoms with Crippen LogP contribution in [0.5, 0.6) is 5.75 Å². The molecule has 3 heterocycles. The molecular formula is C32H35N7O. The molecule has 6 rings (SSSR count). The van der Waals surface area contributed by atoms with Crippen molar-refractivity contribution in [2.45, 2.75) is 51.2 Å². The highest BCUT2D eigenvalue weighted by molar-refractivity contribution is 5.77. The van der Waals surface area contributed by atoms with Crippen molar-refractivity contribution in [1.29, 1.82) is 5.26 Å². The third-order valence-corrected chi connectivity index (χ3v) is 8.15. The highest BCUT2D eigenvalue weighted by Gasteiger charge is 2.28. The van der Waals surface area contributed by atoms with Gasteiger partial charge in [-0.05, 0) is 81.0 Å². The summed E-state index contributed by atoms with van der Waals surface area (Å²) in [6.07, 6.45) is 9.36. The maximum atomic E-state index is 9.36. The number of likely N-dealkylation sites (tertiary alicyclic amines) is 1. The molecule has 8 heteroatoms. The number of fused-ring (bicyclic) bond motifs is 2. The smallest absolute Gasteiger partial charge is 0.308 e. The Morgan fingerprint density at radius 2 is 1.93 bits per heavy atom. The van der Waals surface area contributed by atoms with Gasteiger partial charge in [0.25, 0.3) is 0 Å². The molecule has 0 saturated carbocycles. The minimum atomic E-state index is 0.295. The molecule has 0 amide bonds. The van der Waals surface area contributed by atoms with Crippen molar-refractivity contribution in [3.8, 4) is 11.9 Å². The van der Waals surface area contributed by atoms with Gasteiger partial charge in [-0.15, -0.1) is 4.99 Å². The van der Waals surface area contributed by atoms with Crippen LogP contribution in [0.15, 0.2) is 77.9 Å². The van der Waals surface area contributed by atoms with Gasteiger partial charge in [0.15, 0.2) is 0 Å². The zero-order valence-corrected chi connectivity index (χ0v) is 23.0. The molecular weight excluding hydrogens is 498 g/mol. The van der Waals surface area contributed by atoms with Crippen LogP contribution >= 0.6 is 0 Å². The fourth-order valence-electron chi connectivity index (χ4n) is 6.24. The van der Waals surface area contributed by atoms with E-state index in [1.165, 1.54) is 17.7 Å². The zero-order valence-electron chi connectivity index (χ0n) is 23.0. The van der Waals surface area contributed by atoms with Gasteiger partial charge in [-0.3, -0.25) is 9.88 Å². The number of aryl methyl sites for hydroxylation is 1. The van der Waals surface area contributed by atoms with E-state index in [1.54, 1.807) is 0 Å². The first-order valence-corrected chi connectivity index (χ1v) is 14.2. The highest BCUT2D eigenvalue weighted by Crippen LogP contribution is 2.33. The summed E-state index contributed by atoms with van der Waals surface area (Å²) in [7, 11) is 2.20. The largest absolute Gasteiger partial charge is 0.425 e. The van der Waals surface area contributed by atoms with Gasteiger partial charge in [0.2, 0.25) is 6.19 Å². The molecule has 0 bridgehead atoms. The van der Waals surface area contributed by atoms with Crippen molar-refractivity contribution >= 4 is 17.1 Å². The summed E-state index contributed by atoms with van der Waals surface area (Å²) in [6.45, 7) is 3.20. The Kier molecular flexibility index (Phi) is 7.73. The summed E-state index contributed by atoms with van der Waals surface area (Å²) in [4.78, 5) is 18.5. The quantitative estimate of drug-likeness (QED) is 0.183. The topological polar surface area (TPSA) is 82.6 Å². The van der Waals surface area contributed by atoms with Crippen molar-refractivity contribution < 1.29 is 4.74 Å². The molecule has 1 aliphatic carbocycles. The average Bonchev–Trinajstić information content (AvgIpc) is 3.33. The number of ether oxygens (including phenoxy) is 1. The van der Waals surface area contributed by atoms with E-state index in [-0.39, 0.29) is 0 Å². The minimum absolute atomic E-state index is 0.295. The van der Waals surface area contributed by atoms with Crippen molar-refractivity contribution in [2.75, 3.05) is 20.1 Å². The summed E-state index contributed by atoms with van der Waals surface area (Å²) in [5, 5.41) is 9.36. The Bertz CT molecular complexity index is 1520. The van der Waals surface area contributed by atoms with E-state index in [0.29, 0.717) is 23.7 Å². The molecule has 0 N–H and O–H groups in total. The van der Waals surface area contributed by atoms with Crippen LogP contribution in [0.4, 0.5) is 0 Å². The predicted molar refractivity (Wildman–Crippen MR) is 156 cm³/mol. The molecule has 4 aromatic rings. The van der Waals surface area contributed by atoms with Crippen LogP contribution in [0.25, 0.3) is 11.0 Å². The molecule has 0 unspecified atom stereocenters. The number of amidine groups is 1. The molecule has 40 heavy (non-hydrogen) atoms. The Hall–Kier alpha value is -4.22. The first-order valence-electron chi connectivity index (χ1n) is 14.2. The number of benzene rings is 2. The van der Waals surface area contributed by atoms with Gasteiger partial charge in [-0.2, -0.15) is 5.26 Å². The second-order valence-electron chi connectivity index (χ2n) is 10.9. The van der Waals surface area contributed by atoms with Gasteiger partial charge in [0.05, 0.1) is 29.3 Å². The molecule has 1 fully saturated rings. The number of aliphatic imine (C=N–C) groups is 1. The Labute approximate surface area is 235 Å². The monoisotopic (exact) mass is 533 g/mol. The second kappa shape index (κ2) is 11.9. The van der Waals surface area contributed by atoms with Crippen molar-refractivity contribution in [1.82, 2.24) is 24.3 Å². The highest BCUT2D eigenvalue weighted by atomic mass is 16.5.